The third-order valence-corrected chi connectivity index (χ3v) is 2.73. The van der Waals surface area contributed by atoms with Crippen molar-refractivity contribution in [2.24, 2.45) is 5.73 Å². The van der Waals surface area contributed by atoms with E-state index in [4.69, 9.17) is 10.5 Å². The maximum Gasteiger partial charge on any atom is 0.243 e. The first-order valence-electron chi connectivity index (χ1n) is 5.60. The van der Waals surface area contributed by atoms with E-state index in [1.807, 2.05) is 24.3 Å². The molecule has 1 aromatic rings. The van der Waals surface area contributed by atoms with Crippen LogP contribution in [-0.4, -0.2) is 37.3 Å². The van der Waals surface area contributed by atoms with Crippen LogP contribution >= 0.6 is 15.9 Å². The van der Waals surface area contributed by atoms with Gasteiger partial charge in [0.05, 0.1) is 12.7 Å². The molecule has 0 saturated carbocycles. The summed E-state index contributed by atoms with van der Waals surface area (Å²) in [5.74, 6) is -0.482. The highest BCUT2D eigenvalue weighted by Gasteiger charge is 2.06. The topological polar surface area (TPSA) is 84.6 Å². The number of carbonyl (C=O) groups excluding carboxylic acids is 1. The molecule has 1 amide bonds. The Bertz CT molecular complexity index is 387. The largest absolute Gasteiger partial charge is 0.387 e. The van der Waals surface area contributed by atoms with E-state index in [0.29, 0.717) is 19.7 Å². The summed E-state index contributed by atoms with van der Waals surface area (Å²) in [5.41, 5.74) is 5.76. The third kappa shape index (κ3) is 6.11. The molecule has 4 N–H and O–H groups in total. The number of aliphatic hydroxyl groups is 1. The van der Waals surface area contributed by atoms with Crippen molar-refractivity contribution in [1.82, 2.24) is 5.32 Å². The van der Waals surface area contributed by atoms with Crippen molar-refractivity contribution < 1.29 is 14.6 Å². The predicted octanol–water partition coefficient (Wildman–Crippen LogP) is 0.574. The Morgan fingerprint density at radius 3 is 3.00 bits per heavy atom. The van der Waals surface area contributed by atoms with Crippen LogP contribution in [-0.2, 0) is 9.53 Å². The number of amides is 1. The summed E-state index contributed by atoms with van der Waals surface area (Å²) in [6, 6.07) is 7.51. The molecule has 0 aliphatic carbocycles. The molecule has 0 saturated heterocycles. The number of rotatable bonds is 8. The first kappa shape index (κ1) is 15.1. The van der Waals surface area contributed by atoms with Crippen LogP contribution < -0.4 is 11.1 Å². The van der Waals surface area contributed by atoms with Crippen molar-refractivity contribution in [1.29, 1.82) is 0 Å². The van der Waals surface area contributed by atoms with Gasteiger partial charge in [-0.05, 0) is 17.7 Å². The Labute approximate surface area is 114 Å². The fourth-order valence-corrected chi connectivity index (χ4v) is 1.80. The second-order valence-electron chi connectivity index (χ2n) is 3.79. The molecule has 0 heterocycles. The van der Waals surface area contributed by atoms with Crippen LogP contribution in [0.2, 0.25) is 0 Å². The summed E-state index contributed by atoms with van der Waals surface area (Å²) >= 11 is 3.35. The van der Waals surface area contributed by atoms with Crippen molar-refractivity contribution in [3.8, 4) is 0 Å². The van der Waals surface area contributed by atoms with E-state index in [9.17, 15) is 9.90 Å². The minimum absolute atomic E-state index is 0.0735. The fraction of sp³-hybridized carbons (Fsp3) is 0.417. The highest BCUT2D eigenvalue weighted by molar-refractivity contribution is 9.10. The van der Waals surface area contributed by atoms with Crippen molar-refractivity contribution >= 4 is 21.8 Å². The van der Waals surface area contributed by atoms with Gasteiger partial charge in [0.1, 0.15) is 6.61 Å². The summed E-state index contributed by atoms with van der Waals surface area (Å²) in [5, 5.41) is 12.9. The minimum Gasteiger partial charge on any atom is -0.387 e. The van der Waals surface area contributed by atoms with E-state index < -0.39 is 12.0 Å². The van der Waals surface area contributed by atoms with Gasteiger partial charge in [0.25, 0.3) is 0 Å². The Balaban J connectivity index is 2.17. The number of primary amides is 1. The average Bonchev–Trinajstić information content (AvgIpc) is 2.33. The maximum atomic E-state index is 10.4. The molecule has 0 aliphatic heterocycles. The molecule has 6 heteroatoms. The van der Waals surface area contributed by atoms with Gasteiger partial charge in [-0.15, -0.1) is 0 Å². The van der Waals surface area contributed by atoms with Gasteiger partial charge in [0.2, 0.25) is 5.91 Å². The summed E-state index contributed by atoms with van der Waals surface area (Å²) < 4.78 is 5.91. The Kier molecular flexibility index (Phi) is 6.89. The van der Waals surface area contributed by atoms with E-state index in [2.05, 4.69) is 21.2 Å². The number of ether oxygens (including phenoxy) is 1. The lowest BCUT2D eigenvalue weighted by Crippen LogP contribution is -2.27. The first-order chi connectivity index (χ1) is 8.59. The molecule has 0 fully saturated rings. The number of hydrogen-bond acceptors (Lipinski definition) is 4. The van der Waals surface area contributed by atoms with Crippen LogP contribution in [0.4, 0.5) is 0 Å². The summed E-state index contributed by atoms with van der Waals surface area (Å²) in [6.45, 7) is 1.29. The lowest BCUT2D eigenvalue weighted by molar-refractivity contribution is -0.122. The molecule has 0 aliphatic rings. The zero-order valence-corrected chi connectivity index (χ0v) is 11.5. The monoisotopic (exact) mass is 316 g/mol. The van der Waals surface area contributed by atoms with E-state index in [1.165, 1.54) is 0 Å². The molecular weight excluding hydrogens is 300 g/mol. The van der Waals surface area contributed by atoms with Crippen molar-refractivity contribution in [3.05, 3.63) is 34.3 Å². The van der Waals surface area contributed by atoms with Gasteiger partial charge in [-0.25, -0.2) is 0 Å². The molecule has 1 rings (SSSR count). The van der Waals surface area contributed by atoms with E-state index >= 15 is 0 Å². The summed E-state index contributed by atoms with van der Waals surface area (Å²) in [4.78, 5) is 10.4. The SMILES string of the molecule is NC(=O)COCCNCC(O)c1cccc(Br)c1. The van der Waals surface area contributed by atoms with Crippen LogP contribution in [0.1, 0.15) is 11.7 Å². The molecule has 100 valence electrons. The van der Waals surface area contributed by atoms with Gasteiger partial charge >= 0.3 is 0 Å². The number of benzene rings is 1. The maximum absolute atomic E-state index is 10.4. The molecule has 0 bridgehead atoms. The number of carbonyl (C=O) groups is 1. The quantitative estimate of drug-likeness (QED) is 0.612. The molecular formula is C12H17BrN2O3. The highest BCUT2D eigenvalue weighted by Crippen LogP contribution is 2.17. The third-order valence-electron chi connectivity index (χ3n) is 2.24. The molecule has 5 nitrogen and oxygen atoms in total. The number of hydrogen-bond donors (Lipinski definition) is 3. The second kappa shape index (κ2) is 8.20. The zero-order valence-electron chi connectivity index (χ0n) is 9.93. The van der Waals surface area contributed by atoms with E-state index in [0.717, 1.165) is 10.0 Å². The van der Waals surface area contributed by atoms with Gasteiger partial charge in [0.15, 0.2) is 0 Å². The summed E-state index contributed by atoms with van der Waals surface area (Å²) in [7, 11) is 0. The van der Waals surface area contributed by atoms with Crippen molar-refractivity contribution in [2.45, 2.75) is 6.10 Å². The van der Waals surface area contributed by atoms with Crippen molar-refractivity contribution in [3.63, 3.8) is 0 Å². The number of nitrogens with one attached hydrogen (secondary N) is 1. The van der Waals surface area contributed by atoms with Crippen LogP contribution in [0.3, 0.4) is 0 Å². The minimum atomic E-state index is -0.571. The zero-order chi connectivity index (χ0) is 13.4. The Morgan fingerprint density at radius 1 is 1.56 bits per heavy atom. The standard InChI is InChI=1S/C12H17BrN2O3/c13-10-3-1-2-9(6-10)11(16)7-15-4-5-18-8-12(14)17/h1-3,6,11,15-16H,4-5,7-8H2,(H2,14,17). The molecule has 1 atom stereocenters. The van der Waals surface area contributed by atoms with Gasteiger partial charge in [-0.2, -0.15) is 0 Å². The van der Waals surface area contributed by atoms with Gasteiger partial charge in [-0.1, -0.05) is 28.1 Å². The smallest absolute Gasteiger partial charge is 0.243 e. The Hall–Kier alpha value is -0.950. The molecule has 1 aromatic carbocycles. The number of nitrogens with two attached hydrogens (primary N) is 1. The highest BCUT2D eigenvalue weighted by atomic mass is 79.9. The lowest BCUT2D eigenvalue weighted by Gasteiger charge is -2.12. The van der Waals surface area contributed by atoms with Gasteiger partial charge < -0.3 is 20.9 Å². The number of halogens is 1. The molecule has 0 spiro atoms. The normalized spacial score (nSPS) is 12.3. The van der Waals surface area contributed by atoms with Crippen LogP contribution in [0.25, 0.3) is 0 Å². The Morgan fingerprint density at radius 2 is 2.33 bits per heavy atom. The first-order valence-corrected chi connectivity index (χ1v) is 6.39. The molecule has 0 aromatic heterocycles. The fourth-order valence-electron chi connectivity index (χ4n) is 1.39. The number of aliphatic hydroxyl groups excluding tert-OH is 1. The molecule has 0 radical (unpaired) electrons. The van der Waals surface area contributed by atoms with E-state index in [1.54, 1.807) is 0 Å². The van der Waals surface area contributed by atoms with Crippen LogP contribution in [0.15, 0.2) is 28.7 Å². The van der Waals surface area contributed by atoms with Gasteiger partial charge in [-0.3, -0.25) is 4.79 Å². The van der Waals surface area contributed by atoms with Crippen molar-refractivity contribution in [2.75, 3.05) is 26.3 Å². The predicted molar refractivity (Wildman–Crippen MR) is 72.0 cm³/mol. The van der Waals surface area contributed by atoms with Crippen LogP contribution in [0, 0.1) is 0 Å². The molecule has 18 heavy (non-hydrogen) atoms. The summed E-state index contributed by atoms with van der Waals surface area (Å²) in [6.07, 6.45) is -0.571. The molecule has 1 unspecified atom stereocenters. The average molecular weight is 317 g/mol. The van der Waals surface area contributed by atoms with Gasteiger partial charge in [0, 0.05) is 17.6 Å². The van der Waals surface area contributed by atoms with Crippen LogP contribution in [0.5, 0.6) is 0 Å². The second-order valence-corrected chi connectivity index (χ2v) is 4.71. The lowest BCUT2D eigenvalue weighted by atomic mass is 10.1. The van der Waals surface area contributed by atoms with E-state index in [-0.39, 0.29) is 6.61 Å².